The van der Waals surface area contributed by atoms with Crippen molar-refractivity contribution in [1.82, 2.24) is 0 Å². The lowest BCUT2D eigenvalue weighted by Gasteiger charge is -2.11. The third-order valence-electron chi connectivity index (χ3n) is 4.82. The molecule has 0 saturated carbocycles. The molecule has 3 heteroatoms. The van der Waals surface area contributed by atoms with E-state index in [9.17, 15) is 4.79 Å². The van der Waals surface area contributed by atoms with E-state index in [4.69, 9.17) is 11.5 Å². The van der Waals surface area contributed by atoms with Crippen LogP contribution in [0.15, 0.2) is 0 Å². The van der Waals surface area contributed by atoms with Gasteiger partial charge in [0.2, 0.25) is 5.91 Å². The van der Waals surface area contributed by atoms with Gasteiger partial charge in [0.05, 0.1) is 0 Å². The lowest BCUT2D eigenvalue weighted by Crippen LogP contribution is -2.25. The van der Waals surface area contributed by atoms with Crippen LogP contribution < -0.4 is 11.5 Å². The maximum atomic E-state index is 11.2. The molecule has 0 aliphatic rings. The highest BCUT2D eigenvalue weighted by Crippen LogP contribution is 2.16. The Kier molecular flexibility index (Phi) is 17.3. The molecule has 0 bridgehead atoms. The highest BCUT2D eigenvalue weighted by atomic mass is 16.1. The van der Waals surface area contributed by atoms with Crippen molar-refractivity contribution in [2.24, 2.45) is 17.4 Å². The van der Waals surface area contributed by atoms with Gasteiger partial charge in [-0.2, -0.15) is 0 Å². The summed E-state index contributed by atoms with van der Waals surface area (Å²) in [5, 5.41) is 0. The first-order chi connectivity index (χ1) is 11.2. The Morgan fingerprint density at radius 2 is 1.09 bits per heavy atom. The second-order valence-electron chi connectivity index (χ2n) is 7.06. The quantitative estimate of drug-likeness (QED) is 0.335. The fourth-order valence-corrected chi connectivity index (χ4v) is 3.22. The second kappa shape index (κ2) is 17.8. The van der Waals surface area contributed by atoms with Crippen molar-refractivity contribution in [3.63, 3.8) is 0 Å². The number of carbonyl (C=O) groups excluding carboxylic acids is 1. The number of rotatable bonds is 18. The van der Waals surface area contributed by atoms with Gasteiger partial charge in [-0.25, -0.2) is 0 Å². The fourth-order valence-electron chi connectivity index (χ4n) is 3.22. The SMILES string of the molecule is CCCCCCCCCCCCCCCCC(CCN)C(N)=O. The predicted octanol–water partition coefficient (Wildman–Crippen LogP) is 5.31. The summed E-state index contributed by atoms with van der Waals surface area (Å²) in [6.07, 6.45) is 20.7. The zero-order chi connectivity index (χ0) is 17.2. The van der Waals surface area contributed by atoms with Crippen LogP contribution in [0.5, 0.6) is 0 Å². The average Bonchev–Trinajstić information content (AvgIpc) is 2.54. The normalized spacial score (nSPS) is 12.4. The topological polar surface area (TPSA) is 69.1 Å². The van der Waals surface area contributed by atoms with Gasteiger partial charge in [0.25, 0.3) is 0 Å². The van der Waals surface area contributed by atoms with Crippen LogP contribution in [-0.2, 0) is 4.79 Å². The molecule has 0 aliphatic heterocycles. The van der Waals surface area contributed by atoms with Crippen LogP contribution in [0.3, 0.4) is 0 Å². The molecule has 23 heavy (non-hydrogen) atoms. The van der Waals surface area contributed by atoms with Gasteiger partial charge >= 0.3 is 0 Å². The maximum Gasteiger partial charge on any atom is 0.220 e. The molecule has 0 aliphatic carbocycles. The second-order valence-corrected chi connectivity index (χ2v) is 7.06. The Hall–Kier alpha value is -0.570. The van der Waals surface area contributed by atoms with Crippen molar-refractivity contribution < 1.29 is 4.79 Å². The van der Waals surface area contributed by atoms with Gasteiger partial charge in [-0.1, -0.05) is 96.8 Å². The van der Waals surface area contributed by atoms with E-state index in [1.54, 1.807) is 0 Å². The van der Waals surface area contributed by atoms with Crippen LogP contribution in [0.25, 0.3) is 0 Å². The molecule has 3 nitrogen and oxygen atoms in total. The summed E-state index contributed by atoms with van der Waals surface area (Å²) < 4.78 is 0. The van der Waals surface area contributed by atoms with Crippen LogP contribution in [-0.4, -0.2) is 12.5 Å². The average molecular weight is 327 g/mol. The number of unbranched alkanes of at least 4 members (excludes halogenated alkanes) is 13. The summed E-state index contributed by atoms with van der Waals surface area (Å²) in [5.74, 6) is -0.178. The Balaban J connectivity index is 3.20. The van der Waals surface area contributed by atoms with Gasteiger partial charge in [0.1, 0.15) is 0 Å². The molecule has 0 fully saturated rings. The molecule has 1 amide bonds. The molecule has 0 radical (unpaired) electrons. The molecule has 138 valence electrons. The van der Waals surface area contributed by atoms with Gasteiger partial charge in [-0.3, -0.25) is 4.79 Å². The van der Waals surface area contributed by atoms with Crippen LogP contribution in [0, 0.1) is 5.92 Å². The van der Waals surface area contributed by atoms with E-state index in [0.29, 0.717) is 6.54 Å². The molecular formula is C20H42N2O. The number of amides is 1. The Morgan fingerprint density at radius 1 is 0.696 bits per heavy atom. The minimum atomic E-state index is -0.176. The zero-order valence-electron chi connectivity index (χ0n) is 15.7. The van der Waals surface area contributed by atoms with Crippen molar-refractivity contribution in [2.45, 2.75) is 110 Å². The van der Waals surface area contributed by atoms with Crippen LogP contribution in [0.4, 0.5) is 0 Å². The van der Waals surface area contributed by atoms with Gasteiger partial charge < -0.3 is 11.5 Å². The fraction of sp³-hybridized carbons (Fsp3) is 0.950. The Bertz CT molecular complexity index is 256. The summed E-state index contributed by atoms with van der Waals surface area (Å²) in [6, 6.07) is 0. The number of hydrogen-bond donors (Lipinski definition) is 2. The first-order valence-corrected chi connectivity index (χ1v) is 10.2. The number of hydrogen-bond acceptors (Lipinski definition) is 2. The van der Waals surface area contributed by atoms with E-state index in [1.807, 2.05) is 0 Å². The summed E-state index contributed by atoms with van der Waals surface area (Å²) in [4.78, 5) is 11.2. The summed E-state index contributed by atoms with van der Waals surface area (Å²) in [6.45, 7) is 2.84. The highest BCUT2D eigenvalue weighted by molar-refractivity contribution is 5.76. The summed E-state index contributed by atoms with van der Waals surface area (Å²) >= 11 is 0. The standard InChI is InChI=1S/C20H42N2O/c1-2-3-4-5-6-7-8-9-10-11-12-13-14-15-16-19(17-18-21)20(22)23/h19H,2-18,21H2,1H3,(H2,22,23). The lowest BCUT2D eigenvalue weighted by molar-refractivity contribution is -0.122. The third-order valence-corrected chi connectivity index (χ3v) is 4.82. The molecule has 0 saturated heterocycles. The maximum absolute atomic E-state index is 11.2. The molecule has 1 unspecified atom stereocenters. The van der Waals surface area contributed by atoms with E-state index in [2.05, 4.69) is 6.92 Å². The van der Waals surface area contributed by atoms with Gasteiger partial charge in [0.15, 0.2) is 0 Å². The van der Waals surface area contributed by atoms with E-state index in [-0.39, 0.29) is 11.8 Å². The van der Waals surface area contributed by atoms with E-state index >= 15 is 0 Å². The van der Waals surface area contributed by atoms with Crippen molar-refractivity contribution in [3.05, 3.63) is 0 Å². The Morgan fingerprint density at radius 3 is 1.43 bits per heavy atom. The van der Waals surface area contributed by atoms with Crippen molar-refractivity contribution >= 4 is 5.91 Å². The van der Waals surface area contributed by atoms with Gasteiger partial charge in [0, 0.05) is 5.92 Å². The van der Waals surface area contributed by atoms with Crippen LogP contribution in [0.1, 0.15) is 110 Å². The molecule has 0 aromatic rings. The monoisotopic (exact) mass is 326 g/mol. The molecule has 0 aromatic heterocycles. The molecule has 0 rings (SSSR count). The third kappa shape index (κ3) is 16.1. The van der Waals surface area contributed by atoms with Gasteiger partial charge in [-0.05, 0) is 19.4 Å². The first-order valence-electron chi connectivity index (χ1n) is 10.2. The van der Waals surface area contributed by atoms with Crippen molar-refractivity contribution in [3.8, 4) is 0 Å². The smallest absolute Gasteiger partial charge is 0.220 e. The highest BCUT2D eigenvalue weighted by Gasteiger charge is 2.13. The van der Waals surface area contributed by atoms with Gasteiger partial charge in [-0.15, -0.1) is 0 Å². The number of nitrogens with two attached hydrogens (primary N) is 2. The molecule has 4 N–H and O–H groups in total. The predicted molar refractivity (Wildman–Crippen MR) is 101 cm³/mol. The zero-order valence-corrected chi connectivity index (χ0v) is 15.7. The van der Waals surface area contributed by atoms with Crippen LogP contribution >= 0.6 is 0 Å². The Labute approximate surface area is 145 Å². The lowest BCUT2D eigenvalue weighted by atomic mass is 9.96. The molecule has 0 heterocycles. The van der Waals surface area contributed by atoms with E-state index in [1.165, 1.54) is 83.5 Å². The van der Waals surface area contributed by atoms with Crippen molar-refractivity contribution in [2.75, 3.05) is 6.54 Å². The molecule has 1 atom stereocenters. The summed E-state index contributed by atoms with van der Waals surface area (Å²) in [7, 11) is 0. The molecule has 0 spiro atoms. The van der Waals surface area contributed by atoms with Crippen LogP contribution in [0.2, 0.25) is 0 Å². The summed E-state index contributed by atoms with van der Waals surface area (Å²) in [5.41, 5.74) is 10.9. The number of primary amides is 1. The van der Waals surface area contributed by atoms with E-state index in [0.717, 1.165) is 19.3 Å². The molecule has 0 aromatic carbocycles. The minimum absolute atomic E-state index is 0.00248. The van der Waals surface area contributed by atoms with Crippen molar-refractivity contribution in [1.29, 1.82) is 0 Å². The van der Waals surface area contributed by atoms with E-state index < -0.39 is 0 Å². The largest absolute Gasteiger partial charge is 0.369 e. The first kappa shape index (κ1) is 22.4. The minimum Gasteiger partial charge on any atom is -0.369 e. The molecular weight excluding hydrogens is 284 g/mol. The number of carbonyl (C=O) groups is 1.